The van der Waals surface area contributed by atoms with Crippen molar-refractivity contribution >= 4 is 28.6 Å². The molecule has 1 aliphatic heterocycles. The Kier molecular flexibility index (Phi) is 6.08. The average Bonchev–Trinajstić information content (AvgIpc) is 3.42. The molecule has 3 aromatic heterocycles. The van der Waals surface area contributed by atoms with Gasteiger partial charge in [0.05, 0.1) is 0 Å². The fourth-order valence-corrected chi connectivity index (χ4v) is 4.61. The zero-order chi connectivity index (χ0) is 18.5. The van der Waals surface area contributed by atoms with E-state index in [4.69, 9.17) is 4.98 Å². The predicted octanol–water partition coefficient (Wildman–Crippen LogP) is 3.38. The Bertz CT molecular complexity index is 826. The lowest BCUT2D eigenvalue weighted by molar-refractivity contribution is 0.141. The minimum absolute atomic E-state index is 0.674. The van der Waals surface area contributed by atoms with E-state index in [1.165, 1.54) is 4.88 Å². The summed E-state index contributed by atoms with van der Waals surface area (Å²) in [6, 6.07) is 4.15. The topological polar surface area (TPSA) is 57.2 Å². The van der Waals surface area contributed by atoms with Crippen molar-refractivity contribution in [3.63, 3.8) is 0 Å². The zero-order valence-electron chi connectivity index (χ0n) is 15.5. The maximum Gasteiger partial charge on any atom is 0.223 e. The number of nitrogens with one attached hydrogen (secondary N) is 1. The third-order valence-corrected chi connectivity index (χ3v) is 6.52. The Hall–Kier alpha value is -1.87. The van der Waals surface area contributed by atoms with Crippen LogP contribution in [0.4, 0.5) is 5.95 Å². The lowest BCUT2D eigenvalue weighted by Crippen LogP contribution is -2.47. The van der Waals surface area contributed by atoms with E-state index in [2.05, 4.69) is 49.5 Å². The SMILES string of the molecule is CCN1CCN(CCNc2ncc(-c3cccs3)c(-c3nccs3)n2)CC1. The Morgan fingerprint density at radius 3 is 2.63 bits per heavy atom. The highest BCUT2D eigenvalue weighted by atomic mass is 32.1. The number of hydrogen-bond donors (Lipinski definition) is 1. The summed E-state index contributed by atoms with van der Waals surface area (Å²) in [6.45, 7) is 9.84. The number of thiophene rings is 1. The predicted molar refractivity (Wildman–Crippen MR) is 113 cm³/mol. The lowest BCUT2D eigenvalue weighted by atomic mass is 10.2. The van der Waals surface area contributed by atoms with E-state index in [1.807, 2.05) is 17.8 Å². The second-order valence-corrected chi connectivity index (χ2v) is 8.32. The number of anilines is 1. The summed E-state index contributed by atoms with van der Waals surface area (Å²) >= 11 is 3.31. The highest BCUT2D eigenvalue weighted by molar-refractivity contribution is 7.14. The third kappa shape index (κ3) is 4.52. The molecule has 0 atom stereocenters. The fourth-order valence-electron chi connectivity index (χ4n) is 3.24. The Balaban J connectivity index is 1.42. The Morgan fingerprint density at radius 1 is 1.07 bits per heavy atom. The van der Waals surface area contributed by atoms with Crippen LogP contribution in [-0.2, 0) is 0 Å². The second kappa shape index (κ2) is 8.88. The van der Waals surface area contributed by atoms with Crippen molar-refractivity contribution in [2.45, 2.75) is 6.92 Å². The van der Waals surface area contributed by atoms with E-state index in [1.54, 1.807) is 22.7 Å². The number of hydrogen-bond acceptors (Lipinski definition) is 8. The molecule has 0 radical (unpaired) electrons. The van der Waals surface area contributed by atoms with Gasteiger partial charge in [0.25, 0.3) is 0 Å². The average molecular weight is 401 g/mol. The molecule has 0 aromatic carbocycles. The maximum atomic E-state index is 4.78. The van der Waals surface area contributed by atoms with Crippen molar-refractivity contribution < 1.29 is 0 Å². The summed E-state index contributed by atoms with van der Waals surface area (Å²) in [5.74, 6) is 0.674. The first kappa shape index (κ1) is 18.5. The molecule has 0 unspecified atom stereocenters. The van der Waals surface area contributed by atoms with Gasteiger partial charge in [0.1, 0.15) is 10.7 Å². The van der Waals surface area contributed by atoms with Gasteiger partial charge in [-0.25, -0.2) is 15.0 Å². The minimum Gasteiger partial charge on any atom is -0.353 e. The van der Waals surface area contributed by atoms with Gasteiger partial charge in [0.15, 0.2) is 0 Å². The van der Waals surface area contributed by atoms with E-state index in [-0.39, 0.29) is 0 Å². The highest BCUT2D eigenvalue weighted by Crippen LogP contribution is 2.34. The quantitative estimate of drug-likeness (QED) is 0.656. The lowest BCUT2D eigenvalue weighted by Gasteiger charge is -2.33. The smallest absolute Gasteiger partial charge is 0.223 e. The van der Waals surface area contributed by atoms with E-state index in [0.717, 1.165) is 62.1 Å². The molecule has 0 bridgehead atoms. The van der Waals surface area contributed by atoms with Crippen LogP contribution in [-0.4, -0.2) is 70.6 Å². The van der Waals surface area contributed by atoms with Crippen molar-refractivity contribution in [2.75, 3.05) is 51.1 Å². The molecule has 8 heteroatoms. The van der Waals surface area contributed by atoms with Crippen molar-refractivity contribution in [1.29, 1.82) is 0 Å². The standard InChI is InChI=1S/C19H24N6S2/c1-2-24-8-10-25(11-9-24)7-5-21-19-22-14-15(16-4-3-12-26-16)17(23-19)18-20-6-13-27-18/h3-4,6,12-14H,2,5,7-11H2,1H3,(H,21,22,23). The molecule has 3 aromatic rings. The molecule has 0 spiro atoms. The van der Waals surface area contributed by atoms with Gasteiger partial charge in [0, 0.05) is 67.5 Å². The summed E-state index contributed by atoms with van der Waals surface area (Å²) in [4.78, 5) is 20.0. The number of thiazole rings is 1. The molecule has 0 amide bonds. The molecular formula is C19H24N6S2. The van der Waals surface area contributed by atoms with E-state index in [9.17, 15) is 0 Å². The van der Waals surface area contributed by atoms with Crippen LogP contribution in [0.1, 0.15) is 6.92 Å². The van der Waals surface area contributed by atoms with Crippen molar-refractivity contribution in [3.8, 4) is 21.1 Å². The van der Waals surface area contributed by atoms with Crippen molar-refractivity contribution in [1.82, 2.24) is 24.8 Å². The number of nitrogens with zero attached hydrogens (tertiary/aromatic N) is 5. The Labute approximate surface area is 167 Å². The van der Waals surface area contributed by atoms with Crippen LogP contribution < -0.4 is 5.32 Å². The molecule has 1 fully saturated rings. The molecule has 1 N–H and O–H groups in total. The van der Waals surface area contributed by atoms with Crippen LogP contribution in [0.15, 0.2) is 35.3 Å². The zero-order valence-corrected chi connectivity index (χ0v) is 17.1. The molecule has 6 nitrogen and oxygen atoms in total. The Morgan fingerprint density at radius 2 is 1.93 bits per heavy atom. The molecular weight excluding hydrogens is 376 g/mol. The summed E-state index contributed by atoms with van der Waals surface area (Å²) in [5, 5.41) is 8.38. The summed E-state index contributed by atoms with van der Waals surface area (Å²) in [7, 11) is 0. The minimum atomic E-state index is 0.674. The van der Waals surface area contributed by atoms with Crippen LogP contribution in [0, 0.1) is 0 Å². The first-order valence-corrected chi connectivity index (χ1v) is 11.1. The number of likely N-dealkylation sites (N-methyl/N-ethyl adjacent to an activating group) is 1. The largest absolute Gasteiger partial charge is 0.353 e. The van der Waals surface area contributed by atoms with Gasteiger partial charge >= 0.3 is 0 Å². The van der Waals surface area contributed by atoms with Crippen LogP contribution in [0.25, 0.3) is 21.1 Å². The molecule has 1 saturated heterocycles. The molecule has 142 valence electrons. The maximum absolute atomic E-state index is 4.78. The molecule has 1 aliphatic rings. The number of aromatic nitrogens is 3. The monoisotopic (exact) mass is 400 g/mol. The van der Waals surface area contributed by atoms with Gasteiger partial charge in [-0.2, -0.15) is 0 Å². The highest BCUT2D eigenvalue weighted by Gasteiger charge is 2.16. The molecule has 27 heavy (non-hydrogen) atoms. The van der Waals surface area contributed by atoms with Crippen LogP contribution in [0.3, 0.4) is 0 Å². The molecule has 0 saturated carbocycles. The van der Waals surface area contributed by atoms with E-state index >= 15 is 0 Å². The van der Waals surface area contributed by atoms with Gasteiger partial charge < -0.3 is 10.2 Å². The van der Waals surface area contributed by atoms with Gasteiger partial charge in [0.2, 0.25) is 5.95 Å². The number of rotatable bonds is 7. The fraction of sp³-hybridized carbons (Fsp3) is 0.421. The summed E-state index contributed by atoms with van der Waals surface area (Å²) < 4.78 is 0. The van der Waals surface area contributed by atoms with E-state index < -0.39 is 0 Å². The molecule has 4 rings (SSSR count). The molecule has 4 heterocycles. The van der Waals surface area contributed by atoms with Crippen LogP contribution in [0.5, 0.6) is 0 Å². The van der Waals surface area contributed by atoms with Crippen LogP contribution >= 0.6 is 22.7 Å². The van der Waals surface area contributed by atoms with Crippen molar-refractivity contribution in [3.05, 3.63) is 35.3 Å². The van der Waals surface area contributed by atoms with Gasteiger partial charge in [-0.05, 0) is 18.0 Å². The second-order valence-electron chi connectivity index (χ2n) is 6.47. The molecule has 0 aliphatic carbocycles. The summed E-state index contributed by atoms with van der Waals surface area (Å²) in [5.41, 5.74) is 1.95. The van der Waals surface area contributed by atoms with Gasteiger partial charge in [-0.1, -0.05) is 13.0 Å². The normalized spacial score (nSPS) is 15.9. The summed E-state index contributed by atoms with van der Waals surface area (Å²) in [6.07, 6.45) is 3.74. The number of piperazine rings is 1. The first-order chi connectivity index (χ1) is 13.3. The van der Waals surface area contributed by atoms with Crippen LogP contribution in [0.2, 0.25) is 0 Å². The van der Waals surface area contributed by atoms with Crippen molar-refractivity contribution in [2.24, 2.45) is 0 Å². The van der Waals surface area contributed by atoms with Gasteiger partial charge in [-0.15, -0.1) is 22.7 Å². The van der Waals surface area contributed by atoms with Gasteiger partial charge in [-0.3, -0.25) is 4.90 Å². The van der Waals surface area contributed by atoms with E-state index in [0.29, 0.717) is 5.95 Å². The third-order valence-electron chi connectivity index (χ3n) is 4.83. The first-order valence-electron chi connectivity index (χ1n) is 9.33.